The fraction of sp³-hybridized carbons (Fsp3) is 0.300. The molecule has 0 radical (unpaired) electrons. The normalized spacial score (nSPS) is 11.1. The van der Waals surface area contributed by atoms with E-state index in [2.05, 4.69) is 4.72 Å². The molecule has 0 spiro atoms. The standard InChI is InChI=1S/C10H13N3O2S/c1-7(2)16(14,15)13-10-4-3-9(12)5-8(10)6-11/h3-5,7,13H,12H2,1-2H3. The predicted octanol–water partition coefficient (Wildman–Crippen LogP) is 1.29. The number of nitriles is 1. The molecule has 0 saturated heterocycles. The van der Waals surface area contributed by atoms with E-state index in [4.69, 9.17) is 11.0 Å². The fourth-order valence-electron chi connectivity index (χ4n) is 1.01. The lowest BCUT2D eigenvalue weighted by atomic mass is 10.2. The monoisotopic (exact) mass is 239 g/mol. The average Bonchev–Trinajstić information content (AvgIpc) is 2.20. The first-order valence-electron chi connectivity index (χ1n) is 4.68. The Hall–Kier alpha value is -1.74. The van der Waals surface area contributed by atoms with Gasteiger partial charge < -0.3 is 5.73 Å². The number of nitrogens with two attached hydrogens (primary N) is 1. The van der Waals surface area contributed by atoms with E-state index in [-0.39, 0.29) is 11.3 Å². The highest BCUT2D eigenvalue weighted by atomic mass is 32.2. The number of anilines is 2. The second-order valence-corrected chi connectivity index (χ2v) is 5.85. The summed E-state index contributed by atoms with van der Waals surface area (Å²) in [4.78, 5) is 0. The molecule has 16 heavy (non-hydrogen) atoms. The minimum atomic E-state index is -3.44. The van der Waals surface area contributed by atoms with Gasteiger partial charge in [-0.15, -0.1) is 0 Å². The van der Waals surface area contributed by atoms with Crippen molar-refractivity contribution < 1.29 is 8.42 Å². The second-order valence-electron chi connectivity index (χ2n) is 3.61. The molecule has 1 rings (SSSR count). The molecule has 0 unspecified atom stereocenters. The molecule has 0 amide bonds. The van der Waals surface area contributed by atoms with Crippen molar-refractivity contribution in [3.63, 3.8) is 0 Å². The molecule has 1 aromatic carbocycles. The number of hydrogen-bond donors (Lipinski definition) is 2. The first-order valence-corrected chi connectivity index (χ1v) is 6.22. The number of hydrogen-bond acceptors (Lipinski definition) is 4. The van der Waals surface area contributed by atoms with Crippen LogP contribution in [0, 0.1) is 11.3 Å². The molecule has 3 N–H and O–H groups in total. The quantitative estimate of drug-likeness (QED) is 0.777. The van der Waals surface area contributed by atoms with Gasteiger partial charge in [-0.05, 0) is 32.0 Å². The summed E-state index contributed by atoms with van der Waals surface area (Å²) in [5.74, 6) is 0. The van der Waals surface area contributed by atoms with Gasteiger partial charge in [0, 0.05) is 5.69 Å². The van der Waals surface area contributed by atoms with Crippen LogP contribution in [0.1, 0.15) is 19.4 Å². The van der Waals surface area contributed by atoms with Gasteiger partial charge in [-0.3, -0.25) is 4.72 Å². The van der Waals surface area contributed by atoms with Crippen molar-refractivity contribution in [2.24, 2.45) is 0 Å². The minimum Gasteiger partial charge on any atom is -0.399 e. The van der Waals surface area contributed by atoms with Crippen molar-refractivity contribution >= 4 is 21.4 Å². The lowest BCUT2D eigenvalue weighted by Crippen LogP contribution is -2.22. The number of benzene rings is 1. The maximum atomic E-state index is 11.6. The van der Waals surface area contributed by atoms with Crippen molar-refractivity contribution in [2.45, 2.75) is 19.1 Å². The summed E-state index contributed by atoms with van der Waals surface area (Å²) in [6, 6.07) is 6.34. The van der Waals surface area contributed by atoms with Crippen molar-refractivity contribution in [1.29, 1.82) is 5.26 Å². The van der Waals surface area contributed by atoms with Crippen LogP contribution < -0.4 is 10.5 Å². The Balaban J connectivity index is 3.13. The number of rotatable bonds is 3. The van der Waals surface area contributed by atoms with Crippen LogP contribution in [0.3, 0.4) is 0 Å². The Morgan fingerprint density at radius 1 is 1.44 bits per heavy atom. The van der Waals surface area contributed by atoms with E-state index in [9.17, 15) is 8.42 Å². The van der Waals surface area contributed by atoms with Crippen LogP contribution in [-0.4, -0.2) is 13.7 Å². The highest BCUT2D eigenvalue weighted by Crippen LogP contribution is 2.20. The Bertz CT molecular complexity index is 529. The largest absolute Gasteiger partial charge is 0.399 e. The molecule has 0 aliphatic rings. The number of nitrogens with zero attached hydrogens (tertiary/aromatic N) is 1. The third-order valence-corrected chi connectivity index (χ3v) is 3.78. The first-order chi connectivity index (χ1) is 7.36. The molecule has 6 heteroatoms. The minimum absolute atomic E-state index is 0.212. The Labute approximate surface area is 94.9 Å². The van der Waals surface area contributed by atoms with E-state index in [1.807, 2.05) is 6.07 Å². The van der Waals surface area contributed by atoms with Gasteiger partial charge in [-0.25, -0.2) is 8.42 Å². The molecular weight excluding hydrogens is 226 g/mol. The summed E-state index contributed by atoms with van der Waals surface area (Å²) in [6.45, 7) is 3.12. The highest BCUT2D eigenvalue weighted by Gasteiger charge is 2.17. The zero-order valence-electron chi connectivity index (χ0n) is 9.06. The van der Waals surface area contributed by atoms with Crippen LogP contribution in [0.2, 0.25) is 0 Å². The zero-order valence-corrected chi connectivity index (χ0v) is 9.88. The lowest BCUT2D eigenvalue weighted by Gasteiger charge is -2.12. The molecule has 1 aromatic rings. The summed E-state index contributed by atoms with van der Waals surface area (Å²) in [5, 5.41) is 8.28. The van der Waals surface area contributed by atoms with E-state index in [1.165, 1.54) is 12.1 Å². The smallest absolute Gasteiger partial charge is 0.235 e. The van der Waals surface area contributed by atoms with Gasteiger partial charge in [0.15, 0.2) is 0 Å². The summed E-state index contributed by atoms with van der Waals surface area (Å²) in [5.41, 5.74) is 6.39. The van der Waals surface area contributed by atoms with Crippen LogP contribution in [0.25, 0.3) is 0 Å². The van der Waals surface area contributed by atoms with Crippen LogP contribution in [0.4, 0.5) is 11.4 Å². The molecule has 0 saturated carbocycles. The van der Waals surface area contributed by atoms with Gasteiger partial charge in [-0.1, -0.05) is 0 Å². The van der Waals surface area contributed by atoms with Crippen molar-refractivity contribution in [3.05, 3.63) is 23.8 Å². The lowest BCUT2D eigenvalue weighted by molar-refractivity contribution is 0.593. The van der Waals surface area contributed by atoms with Gasteiger partial charge >= 0.3 is 0 Å². The molecule has 5 nitrogen and oxygen atoms in total. The van der Waals surface area contributed by atoms with Crippen molar-refractivity contribution in [2.75, 3.05) is 10.5 Å². The molecule has 0 bridgehead atoms. The molecule has 0 fully saturated rings. The van der Waals surface area contributed by atoms with Crippen molar-refractivity contribution in [3.8, 4) is 6.07 Å². The number of sulfonamides is 1. The Kier molecular flexibility index (Phi) is 3.40. The summed E-state index contributed by atoms with van der Waals surface area (Å²) in [6.07, 6.45) is 0. The summed E-state index contributed by atoms with van der Waals surface area (Å²) >= 11 is 0. The summed E-state index contributed by atoms with van der Waals surface area (Å²) < 4.78 is 25.6. The molecule has 0 aromatic heterocycles. The fourth-order valence-corrected chi connectivity index (χ4v) is 1.73. The molecular formula is C10H13N3O2S. The SMILES string of the molecule is CC(C)S(=O)(=O)Nc1ccc(N)cc1C#N. The van der Waals surface area contributed by atoms with Gasteiger partial charge in [0.25, 0.3) is 0 Å². The van der Waals surface area contributed by atoms with Crippen LogP contribution in [0.15, 0.2) is 18.2 Å². The van der Waals surface area contributed by atoms with Gasteiger partial charge in [0.1, 0.15) is 6.07 Å². The van der Waals surface area contributed by atoms with E-state index < -0.39 is 15.3 Å². The van der Waals surface area contributed by atoms with Crippen LogP contribution in [-0.2, 0) is 10.0 Å². The molecule has 0 aliphatic carbocycles. The Morgan fingerprint density at radius 2 is 2.06 bits per heavy atom. The second kappa shape index (κ2) is 4.41. The van der Waals surface area contributed by atoms with Gasteiger partial charge in [0.05, 0.1) is 16.5 Å². The molecule has 0 atom stereocenters. The predicted molar refractivity (Wildman–Crippen MR) is 63.2 cm³/mol. The first kappa shape index (κ1) is 12.3. The maximum Gasteiger partial charge on any atom is 0.235 e. The van der Waals surface area contributed by atoms with E-state index in [0.717, 1.165) is 0 Å². The van der Waals surface area contributed by atoms with Gasteiger partial charge in [0.2, 0.25) is 10.0 Å². The third-order valence-electron chi connectivity index (χ3n) is 2.04. The third kappa shape index (κ3) is 2.64. The number of nitrogens with one attached hydrogen (secondary N) is 1. The zero-order chi connectivity index (χ0) is 12.3. The number of nitrogen functional groups attached to an aromatic ring is 1. The van der Waals surface area contributed by atoms with Gasteiger partial charge in [-0.2, -0.15) is 5.26 Å². The van der Waals surface area contributed by atoms with Crippen molar-refractivity contribution in [1.82, 2.24) is 0 Å². The molecule has 0 heterocycles. The highest BCUT2D eigenvalue weighted by molar-refractivity contribution is 7.93. The van der Waals surface area contributed by atoms with Crippen LogP contribution >= 0.6 is 0 Å². The molecule has 86 valence electrons. The van der Waals surface area contributed by atoms with E-state index >= 15 is 0 Å². The van der Waals surface area contributed by atoms with Crippen LogP contribution in [0.5, 0.6) is 0 Å². The van der Waals surface area contributed by atoms with E-state index in [1.54, 1.807) is 19.9 Å². The molecule has 0 aliphatic heterocycles. The van der Waals surface area contributed by atoms with E-state index in [0.29, 0.717) is 5.69 Å². The topological polar surface area (TPSA) is 96.0 Å². The maximum absolute atomic E-state index is 11.6. The average molecular weight is 239 g/mol. The summed E-state index contributed by atoms with van der Waals surface area (Å²) in [7, 11) is -3.44. The Morgan fingerprint density at radius 3 is 2.56 bits per heavy atom.